The lowest BCUT2D eigenvalue weighted by atomic mass is 10.0. The zero-order chi connectivity index (χ0) is 19.2. The van der Waals surface area contributed by atoms with Crippen LogP contribution in [0.3, 0.4) is 0 Å². The molecule has 0 bridgehead atoms. The molecule has 3 rings (SSSR count). The number of benzene rings is 1. The van der Waals surface area contributed by atoms with Crippen molar-refractivity contribution in [2.24, 2.45) is 0 Å². The second-order valence-electron chi connectivity index (χ2n) is 6.53. The molecule has 1 atom stereocenters. The highest BCUT2D eigenvalue weighted by Crippen LogP contribution is 2.29. The molecule has 0 saturated carbocycles. The Labute approximate surface area is 159 Å². The second kappa shape index (κ2) is 8.70. The van der Waals surface area contributed by atoms with E-state index in [-0.39, 0.29) is 11.6 Å². The molecule has 1 aliphatic heterocycles. The number of carbonyl (C=O) groups is 1. The molecule has 1 aromatic heterocycles. The Morgan fingerprint density at radius 3 is 2.74 bits per heavy atom. The van der Waals surface area contributed by atoms with E-state index in [0.717, 1.165) is 25.2 Å². The van der Waals surface area contributed by atoms with Crippen molar-refractivity contribution in [1.82, 2.24) is 9.97 Å². The molecule has 0 aliphatic carbocycles. The van der Waals surface area contributed by atoms with E-state index in [0.29, 0.717) is 23.2 Å². The van der Waals surface area contributed by atoms with E-state index in [1.807, 2.05) is 0 Å². The Balaban J connectivity index is 1.72. The Morgan fingerprint density at radius 2 is 2.07 bits per heavy atom. The molecule has 7 nitrogen and oxygen atoms in total. The number of hydrogen-bond acceptors (Lipinski definition) is 6. The summed E-state index contributed by atoms with van der Waals surface area (Å²) in [4.78, 5) is 23.6. The average Bonchev–Trinajstić information content (AvgIpc) is 2.74. The van der Waals surface area contributed by atoms with Gasteiger partial charge in [0.15, 0.2) is 0 Å². The molecule has 1 amide bonds. The first-order valence-corrected chi connectivity index (χ1v) is 9.28. The Morgan fingerprint density at radius 1 is 1.22 bits per heavy atom. The largest absolute Gasteiger partial charge is 0.497 e. The van der Waals surface area contributed by atoms with E-state index in [1.165, 1.54) is 19.0 Å². The van der Waals surface area contributed by atoms with Gasteiger partial charge in [0.25, 0.3) is 5.91 Å². The number of aromatic nitrogens is 2. The molecule has 7 heteroatoms. The predicted molar refractivity (Wildman–Crippen MR) is 105 cm³/mol. The van der Waals surface area contributed by atoms with Gasteiger partial charge in [-0.1, -0.05) is 6.92 Å². The minimum Gasteiger partial charge on any atom is -0.497 e. The van der Waals surface area contributed by atoms with E-state index in [9.17, 15) is 4.79 Å². The molecule has 1 saturated heterocycles. The summed E-state index contributed by atoms with van der Waals surface area (Å²) >= 11 is 0. The highest BCUT2D eigenvalue weighted by atomic mass is 16.5. The molecule has 27 heavy (non-hydrogen) atoms. The number of nitrogens with zero attached hydrogens (tertiary/aromatic N) is 3. The van der Waals surface area contributed by atoms with Crippen molar-refractivity contribution in [3.05, 3.63) is 36.3 Å². The van der Waals surface area contributed by atoms with Crippen LogP contribution in [0, 0.1) is 0 Å². The molecule has 1 aliphatic rings. The van der Waals surface area contributed by atoms with Gasteiger partial charge in [-0.25, -0.2) is 9.97 Å². The SMILES string of the molecule is CCC1CCCCN1c1cnc(C(=O)Nc2ccc(OC)cc2OC)cn1. The van der Waals surface area contributed by atoms with Crippen molar-refractivity contribution in [3.8, 4) is 11.5 Å². The van der Waals surface area contributed by atoms with Gasteiger partial charge < -0.3 is 19.7 Å². The van der Waals surface area contributed by atoms with Crippen LogP contribution < -0.4 is 19.7 Å². The molecular formula is C20H26N4O3. The minimum absolute atomic E-state index is 0.265. The number of rotatable bonds is 6. The highest BCUT2D eigenvalue weighted by Gasteiger charge is 2.22. The Bertz CT molecular complexity index is 779. The number of carbonyl (C=O) groups excluding carboxylic acids is 1. The van der Waals surface area contributed by atoms with Gasteiger partial charge >= 0.3 is 0 Å². The fourth-order valence-corrected chi connectivity index (χ4v) is 3.40. The molecular weight excluding hydrogens is 344 g/mol. The highest BCUT2D eigenvalue weighted by molar-refractivity contribution is 6.03. The van der Waals surface area contributed by atoms with Gasteiger partial charge in [0.2, 0.25) is 0 Å². The standard InChI is InChI=1S/C20H26N4O3/c1-4-14-7-5-6-10-24(14)19-13-21-17(12-22-19)20(25)23-16-9-8-15(26-2)11-18(16)27-3/h8-9,11-14H,4-7,10H2,1-3H3,(H,23,25). The molecule has 1 N–H and O–H groups in total. The molecule has 144 valence electrons. The molecule has 0 radical (unpaired) electrons. The lowest BCUT2D eigenvalue weighted by molar-refractivity contribution is 0.102. The summed E-state index contributed by atoms with van der Waals surface area (Å²) in [6, 6.07) is 5.70. The fraction of sp³-hybridized carbons (Fsp3) is 0.450. The van der Waals surface area contributed by atoms with Gasteiger partial charge in [0.1, 0.15) is 23.0 Å². The quantitative estimate of drug-likeness (QED) is 0.838. The Hall–Kier alpha value is -2.83. The van der Waals surface area contributed by atoms with Crippen LogP contribution in [-0.4, -0.2) is 42.7 Å². The van der Waals surface area contributed by atoms with Crippen molar-refractivity contribution < 1.29 is 14.3 Å². The van der Waals surface area contributed by atoms with Crippen LogP contribution in [-0.2, 0) is 0 Å². The van der Waals surface area contributed by atoms with Gasteiger partial charge in [0.05, 0.1) is 32.3 Å². The molecule has 2 aromatic rings. The number of methoxy groups -OCH3 is 2. The van der Waals surface area contributed by atoms with Gasteiger partial charge in [0, 0.05) is 18.7 Å². The van der Waals surface area contributed by atoms with E-state index in [4.69, 9.17) is 9.47 Å². The summed E-state index contributed by atoms with van der Waals surface area (Å²) in [5.41, 5.74) is 0.818. The average molecular weight is 370 g/mol. The van der Waals surface area contributed by atoms with Gasteiger partial charge in [-0.05, 0) is 37.8 Å². The van der Waals surface area contributed by atoms with Crippen molar-refractivity contribution in [1.29, 1.82) is 0 Å². The fourth-order valence-electron chi connectivity index (χ4n) is 3.40. The summed E-state index contributed by atoms with van der Waals surface area (Å²) in [6.07, 6.45) is 7.90. The molecule has 1 unspecified atom stereocenters. The number of amides is 1. The van der Waals surface area contributed by atoms with Gasteiger partial charge in [-0.2, -0.15) is 0 Å². The maximum atomic E-state index is 12.5. The third-order valence-corrected chi connectivity index (χ3v) is 4.92. The smallest absolute Gasteiger partial charge is 0.275 e. The number of ether oxygens (including phenoxy) is 2. The summed E-state index contributed by atoms with van der Waals surface area (Å²) in [5.74, 6) is 1.68. The number of nitrogens with one attached hydrogen (secondary N) is 1. The topological polar surface area (TPSA) is 76.6 Å². The van der Waals surface area contributed by atoms with Crippen LogP contribution in [0.4, 0.5) is 11.5 Å². The third kappa shape index (κ3) is 4.30. The number of anilines is 2. The lowest BCUT2D eigenvalue weighted by Crippen LogP contribution is -2.39. The summed E-state index contributed by atoms with van der Waals surface area (Å²) in [5, 5.41) is 2.81. The van der Waals surface area contributed by atoms with Crippen LogP contribution in [0.15, 0.2) is 30.6 Å². The summed E-state index contributed by atoms with van der Waals surface area (Å²) in [6.45, 7) is 3.18. The first kappa shape index (κ1) is 18.9. The maximum Gasteiger partial charge on any atom is 0.275 e. The number of hydrogen-bond donors (Lipinski definition) is 1. The van der Waals surface area contributed by atoms with Crippen molar-refractivity contribution in [2.45, 2.75) is 38.6 Å². The minimum atomic E-state index is -0.330. The van der Waals surface area contributed by atoms with E-state index >= 15 is 0 Å². The van der Waals surface area contributed by atoms with Crippen LogP contribution in [0.1, 0.15) is 43.1 Å². The van der Waals surface area contributed by atoms with E-state index in [2.05, 4.69) is 27.1 Å². The van der Waals surface area contributed by atoms with Crippen molar-refractivity contribution >= 4 is 17.4 Å². The summed E-state index contributed by atoms with van der Waals surface area (Å²) in [7, 11) is 3.12. The van der Waals surface area contributed by atoms with Crippen LogP contribution in [0.25, 0.3) is 0 Å². The van der Waals surface area contributed by atoms with Crippen LogP contribution >= 0.6 is 0 Å². The van der Waals surface area contributed by atoms with Crippen LogP contribution in [0.2, 0.25) is 0 Å². The Kier molecular flexibility index (Phi) is 6.11. The maximum absolute atomic E-state index is 12.5. The van der Waals surface area contributed by atoms with Crippen molar-refractivity contribution in [2.75, 3.05) is 31.0 Å². The predicted octanol–water partition coefficient (Wildman–Crippen LogP) is 3.52. The molecule has 1 aromatic carbocycles. The monoisotopic (exact) mass is 370 g/mol. The van der Waals surface area contributed by atoms with E-state index in [1.54, 1.807) is 38.6 Å². The van der Waals surface area contributed by atoms with Crippen molar-refractivity contribution in [3.63, 3.8) is 0 Å². The normalized spacial score (nSPS) is 16.7. The molecule has 0 spiro atoms. The zero-order valence-corrected chi connectivity index (χ0v) is 16.1. The van der Waals surface area contributed by atoms with Crippen LogP contribution in [0.5, 0.6) is 11.5 Å². The number of piperidine rings is 1. The third-order valence-electron chi connectivity index (χ3n) is 4.92. The first-order valence-electron chi connectivity index (χ1n) is 9.28. The second-order valence-corrected chi connectivity index (χ2v) is 6.53. The summed E-state index contributed by atoms with van der Waals surface area (Å²) < 4.78 is 10.5. The van der Waals surface area contributed by atoms with Gasteiger partial charge in [-0.15, -0.1) is 0 Å². The van der Waals surface area contributed by atoms with Gasteiger partial charge in [-0.3, -0.25) is 4.79 Å². The first-order chi connectivity index (χ1) is 13.2. The zero-order valence-electron chi connectivity index (χ0n) is 16.1. The molecule has 1 fully saturated rings. The lowest BCUT2D eigenvalue weighted by Gasteiger charge is -2.35. The van der Waals surface area contributed by atoms with E-state index < -0.39 is 0 Å². The molecule has 2 heterocycles.